The van der Waals surface area contributed by atoms with Gasteiger partial charge < -0.3 is 9.53 Å². The topological polar surface area (TPSA) is 43.4 Å². The van der Waals surface area contributed by atoms with Gasteiger partial charge in [0.15, 0.2) is 5.38 Å². The van der Waals surface area contributed by atoms with E-state index in [1.165, 1.54) is 7.11 Å². The summed E-state index contributed by atoms with van der Waals surface area (Å²) in [7, 11) is 1.17. The van der Waals surface area contributed by atoms with Gasteiger partial charge in [0, 0.05) is 0 Å². The van der Waals surface area contributed by atoms with Crippen molar-refractivity contribution in [2.24, 2.45) is 0 Å². The van der Waals surface area contributed by atoms with Gasteiger partial charge in [-0.1, -0.05) is 0 Å². The molecule has 0 fully saturated rings. The van der Waals surface area contributed by atoms with Crippen molar-refractivity contribution in [3.63, 3.8) is 0 Å². The minimum atomic E-state index is -1.15. The highest BCUT2D eigenvalue weighted by molar-refractivity contribution is 6.37. The minimum Gasteiger partial charge on any atom is -0.468 e. The van der Waals surface area contributed by atoms with Crippen LogP contribution in [0.25, 0.3) is 0 Å². The third-order valence-corrected chi connectivity index (χ3v) is 0.827. The molecule has 0 rings (SSSR count). The maximum atomic E-state index is 10.2. The number of carbonyl (C=O) groups is 2. The summed E-state index contributed by atoms with van der Waals surface area (Å²) in [6.07, 6.45) is 0.313. The van der Waals surface area contributed by atoms with Crippen LogP contribution in [0.2, 0.25) is 0 Å². The third kappa shape index (κ3) is 1.93. The number of esters is 1. The number of hydrogen-bond acceptors (Lipinski definition) is 3. The van der Waals surface area contributed by atoms with E-state index in [-0.39, 0.29) is 0 Å². The van der Waals surface area contributed by atoms with E-state index in [2.05, 4.69) is 4.74 Å². The fourth-order valence-electron chi connectivity index (χ4n) is 0.168. The average molecular weight is 137 g/mol. The van der Waals surface area contributed by atoms with E-state index in [9.17, 15) is 9.59 Å². The average Bonchev–Trinajstić information content (AvgIpc) is 1.84. The van der Waals surface area contributed by atoms with Gasteiger partial charge in [-0.3, -0.25) is 0 Å². The van der Waals surface area contributed by atoms with Gasteiger partial charge in [0.05, 0.1) is 7.11 Å². The van der Waals surface area contributed by atoms with Gasteiger partial charge in [-0.2, -0.15) is 0 Å². The van der Waals surface area contributed by atoms with Gasteiger partial charge in [-0.25, -0.2) is 4.79 Å². The van der Waals surface area contributed by atoms with Crippen LogP contribution >= 0.6 is 11.6 Å². The number of halogens is 1. The largest absolute Gasteiger partial charge is 0.468 e. The van der Waals surface area contributed by atoms with Gasteiger partial charge in [-0.05, 0) is 0 Å². The van der Waals surface area contributed by atoms with Crippen LogP contribution in [-0.4, -0.2) is 24.7 Å². The Morgan fingerprint density at radius 1 is 1.88 bits per heavy atom. The summed E-state index contributed by atoms with van der Waals surface area (Å²) < 4.78 is 4.10. The molecule has 0 aromatic rings. The maximum Gasteiger partial charge on any atom is 0.331 e. The van der Waals surface area contributed by atoms with Crippen LogP contribution < -0.4 is 0 Å². The highest BCUT2D eigenvalue weighted by Crippen LogP contribution is 1.91. The second-order valence-corrected chi connectivity index (χ2v) is 1.53. The molecule has 0 radical (unpaired) electrons. The zero-order valence-corrected chi connectivity index (χ0v) is 5.01. The lowest BCUT2D eigenvalue weighted by molar-refractivity contribution is -0.141. The molecule has 0 unspecified atom stereocenters. The molecule has 0 amide bonds. The first-order valence-electron chi connectivity index (χ1n) is 1.89. The number of rotatable bonds is 2. The zero-order chi connectivity index (χ0) is 6.57. The van der Waals surface area contributed by atoms with Gasteiger partial charge in [0.25, 0.3) is 0 Å². The monoisotopic (exact) mass is 136 g/mol. The van der Waals surface area contributed by atoms with E-state index in [0.29, 0.717) is 6.29 Å². The zero-order valence-electron chi connectivity index (χ0n) is 4.26. The molecular weight excluding hydrogens is 131 g/mol. The van der Waals surface area contributed by atoms with Gasteiger partial charge >= 0.3 is 5.97 Å². The predicted octanol–water partition coefficient (Wildman–Crippen LogP) is -0.0343. The Morgan fingerprint density at radius 3 is 2.50 bits per heavy atom. The molecule has 0 bridgehead atoms. The summed E-state index contributed by atoms with van der Waals surface area (Å²) in [5.41, 5.74) is 0. The van der Waals surface area contributed by atoms with Crippen LogP contribution in [0.3, 0.4) is 0 Å². The first-order chi connectivity index (χ1) is 3.72. The van der Waals surface area contributed by atoms with Crippen molar-refractivity contribution in [2.45, 2.75) is 5.38 Å². The van der Waals surface area contributed by atoms with Crippen molar-refractivity contribution < 1.29 is 14.3 Å². The van der Waals surface area contributed by atoms with Crippen molar-refractivity contribution in [3.8, 4) is 0 Å². The smallest absolute Gasteiger partial charge is 0.331 e. The fourth-order valence-corrected chi connectivity index (χ4v) is 0.257. The molecule has 0 aromatic carbocycles. The number of alkyl halides is 1. The Labute approximate surface area is 51.6 Å². The quantitative estimate of drug-likeness (QED) is 0.232. The second-order valence-electron chi connectivity index (χ2n) is 1.06. The normalized spacial score (nSPS) is 12.2. The lowest BCUT2D eigenvalue weighted by Gasteiger charge is -1.95. The molecule has 0 saturated heterocycles. The van der Waals surface area contributed by atoms with Gasteiger partial charge in [0.2, 0.25) is 0 Å². The summed E-state index contributed by atoms with van der Waals surface area (Å²) in [5.74, 6) is -0.721. The van der Waals surface area contributed by atoms with E-state index in [1.807, 2.05) is 0 Å². The van der Waals surface area contributed by atoms with Crippen molar-refractivity contribution in [1.82, 2.24) is 0 Å². The van der Waals surface area contributed by atoms with Crippen LogP contribution in [0, 0.1) is 0 Å². The molecule has 3 nitrogen and oxygen atoms in total. The Kier molecular flexibility index (Phi) is 3.19. The third-order valence-electron chi connectivity index (χ3n) is 0.546. The van der Waals surface area contributed by atoms with Gasteiger partial charge in [0.1, 0.15) is 6.29 Å². The Balaban J connectivity index is 3.62. The summed E-state index contributed by atoms with van der Waals surface area (Å²) in [5, 5.41) is -1.15. The molecule has 0 N–H and O–H groups in total. The molecule has 0 spiro atoms. The maximum absolute atomic E-state index is 10.2. The number of hydrogen-bond donors (Lipinski definition) is 0. The molecule has 46 valence electrons. The molecule has 4 heteroatoms. The van der Waals surface area contributed by atoms with Crippen LogP contribution in [0.5, 0.6) is 0 Å². The molecule has 0 saturated carbocycles. The van der Waals surface area contributed by atoms with Crippen LogP contribution in [0.4, 0.5) is 0 Å². The Bertz CT molecular complexity index is 101. The molecular formula is C4H5ClO3. The van der Waals surface area contributed by atoms with E-state index < -0.39 is 11.3 Å². The highest BCUT2D eigenvalue weighted by atomic mass is 35.5. The van der Waals surface area contributed by atoms with E-state index in [4.69, 9.17) is 11.6 Å². The summed E-state index contributed by atoms with van der Waals surface area (Å²) in [6, 6.07) is 0. The number of carbonyl (C=O) groups excluding carboxylic acids is 2. The van der Waals surface area contributed by atoms with Gasteiger partial charge in [-0.15, -0.1) is 11.6 Å². The van der Waals surface area contributed by atoms with E-state index in [1.54, 1.807) is 0 Å². The van der Waals surface area contributed by atoms with E-state index in [0.717, 1.165) is 0 Å². The lowest BCUT2D eigenvalue weighted by Crippen LogP contribution is -2.16. The fraction of sp³-hybridized carbons (Fsp3) is 0.500. The standard InChI is InChI=1S/C4H5ClO3/c1-8-4(7)3(5)2-6/h2-3H,1H3/t3-/m0/s1. The molecule has 0 heterocycles. The van der Waals surface area contributed by atoms with Crippen molar-refractivity contribution >= 4 is 23.9 Å². The minimum absolute atomic E-state index is 0.313. The van der Waals surface area contributed by atoms with E-state index >= 15 is 0 Å². The molecule has 0 aliphatic heterocycles. The summed E-state index contributed by atoms with van der Waals surface area (Å²) >= 11 is 5.07. The number of ether oxygens (including phenoxy) is 1. The Morgan fingerprint density at radius 2 is 2.38 bits per heavy atom. The SMILES string of the molecule is COC(=O)[C@@H](Cl)C=O. The summed E-state index contributed by atoms with van der Waals surface area (Å²) in [6.45, 7) is 0. The van der Waals surface area contributed by atoms with Crippen molar-refractivity contribution in [3.05, 3.63) is 0 Å². The van der Waals surface area contributed by atoms with Crippen LogP contribution in [0.15, 0.2) is 0 Å². The molecule has 0 aliphatic rings. The van der Waals surface area contributed by atoms with Crippen LogP contribution in [-0.2, 0) is 14.3 Å². The first kappa shape index (κ1) is 7.43. The molecule has 1 atom stereocenters. The first-order valence-corrected chi connectivity index (χ1v) is 2.33. The van der Waals surface area contributed by atoms with Crippen molar-refractivity contribution in [1.29, 1.82) is 0 Å². The highest BCUT2D eigenvalue weighted by Gasteiger charge is 2.12. The molecule has 8 heavy (non-hydrogen) atoms. The Hall–Kier alpha value is -0.570. The van der Waals surface area contributed by atoms with Crippen LogP contribution in [0.1, 0.15) is 0 Å². The molecule has 0 aliphatic carbocycles. The number of methoxy groups -OCH3 is 1. The number of aldehydes is 1. The second kappa shape index (κ2) is 3.43. The van der Waals surface area contributed by atoms with Crippen molar-refractivity contribution in [2.75, 3.05) is 7.11 Å². The predicted molar refractivity (Wildman–Crippen MR) is 27.7 cm³/mol. The summed E-state index contributed by atoms with van der Waals surface area (Å²) in [4.78, 5) is 19.8. The lowest BCUT2D eigenvalue weighted by atomic mass is 10.5. The molecule has 0 aromatic heterocycles.